The molecule has 2 rings (SSSR count). The molecule has 122 valence electrons. The van der Waals surface area contributed by atoms with E-state index in [1.54, 1.807) is 12.1 Å². The fourth-order valence-corrected chi connectivity index (χ4v) is 2.40. The molecule has 1 aromatic carbocycles. The van der Waals surface area contributed by atoms with Gasteiger partial charge in [-0.05, 0) is 24.1 Å². The molecule has 0 fully saturated rings. The maximum Gasteiger partial charge on any atom is 0.287 e. The standard InChI is InChI=1S/C18H22N2O3/c1-2-7-15(14-8-4-3-5-9-14)17(21)19-11-12-20-18(22)16-10-6-13-23-16/h3-6,8-10,13,15H,2,7,11-12H2,1H3,(H,19,21)(H,20,22). The molecule has 5 heteroatoms. The van der Waals surface area contributed by atoms with Gasteiger partial charge in [0.25, 0.3) is 5.91 Å². The molecule has 0 aliphatic carbocycles. The van der Waals surface area contributed by atoms with E-state index in [0.29, 0.717) is 13.1 Å². The maximum absolute atomic E-state index is 12.4. The van der Waals surface area contributed by atoms with Crippen LogP contribution in [0.1, 0.15) is 41.8 Å². The van der Waals surface area contributed by atoms with Crippen LogP contribution in [0.4, 0.5) is 0 Å². The number of hydrogen-bond donors (Lipinski definition) is 2. The van der Waals surface area contributed by atoms with E-state index in [-0.39, 0.29) is 23.5 Å². The Morgan fingerprint density at radius 1 is 1.04 bits per heavy atom. The van der Waals surface area contributed by atoms with E-state index in [4.69, 9.17) is 4.42 Å². The van der Waals surface area contributed by atoms with Crippen LogP contribution < -0.4 is 10.6 Å². The highest BCUT2D eigenvalue weighted by Gasteiger charge is 2.19. The van der Waals surface area contributed by atoms with Crippen molar-refractivity contribution in [3.05, 3.63) is 60.1 Å². The summed E-state index contributed by atoms with van der Waals surface area (Å²) in [5, 5.41) is 5.59. The highest BCUT2D eigenvalue weighted by atomic mass is 16.3. The Bertz CT molecular complexity index is 608. The molecule has 1 heterocycles. The van der Waals surface area contributed by atoms with Crippen LogP contribution in [0.3, 0.4) is 0 Å². The molecule has 0 aliphatic rings. The van der Waals surface area contributed by atoms with E-state index < -0.39 is 0 Å². The number of amides is 2. The molecular weight excluding hydrogens is 292 g/mol. The highest BCUT2D eigenvalue weighted by Crippen LogP contribution is 2.21. The van der Waals surface area contributed by atoms with Crippen LogP contribution in [0, 0.1) is 0 Å². The largest absolute Gasteiger partial charge is 0.459 e. The average Bonchev–Trinajstić information content (AvgIpc) is 3.11. The van der Waals surface area contributed by atoms with Crippen molar-refractivity contribution >= 4 is 11.8 Å². The number of carbonyl (C=O) groups excluding carboxylic acids is 2. The van der Waals surface area contributed by atoms with Crippen LogP contribution in [0.25, 0.3) is 0 Å². The molecule has 0 saturated carbocycles. The van der Waals surface area contributed by atoms with Crippen molar-refractivity contribution in [2.24, 2.45) is 0 Å². The molecule has 1 aromatic heterocycles. The normalized spacial score (nSPS) is 11.7. The number of benzene rings is 1. The first-order valence-corrected chi connectivity index (χ1v) is 7.86. The van der Waals surface area contributed by atoms with Crippen LogP contribution in [-0.4, -0.2) is 24.9 Å². The van der Waals surface area contributed by atoms with Gasteiger partial charge in [0.05, 0.1) is 12.2 Å². The molecule has 5 nitrogen and oxygen atoms in total. The van der Waals surface area contributed by atoms with Gasteiger partial charge in [0.15, 0.2) is 5.76 Å². The Hall–Kier alpha value is -2.56. The number of rotatable bonds is 8. The quantitative estimate of drug-likeness (QED) is 0.736. The Morgan fingerprint density at radius 3 is 2.43 bits per heavy atom. The molecule has 0 saturated heterocycles. The van der Waals surface area contributed by atoms with Gasteiger partial charge >= 0.3 is 0 Å². The lowest BCUT2D eigenvalue weighted by Crippen LogP contribution is -2.36. The molecule has 0 radical (unpaired) electrons. The molecule has 2 aromatic rings. The summed E-state index contributed by atoms with van der Waals surface area (Å²) in [6, 6.07) is 13.0. The zero-order valence-corrected chi connectivity index (χ0v) is 13.2. The second kappa shape index (κ2) is 8.78. The third-order valence-corrected chi connectivity index (χ3v) is 3.55. The third kappa shape index (κ3) is 4.98. The lowest BCUT2D eigenvalue weighted by atomic mass is 9.94. The summed E-state index contributed by atoms with van der Waals surface area (Å²) in [4.78, 5) is 24.1. The van der Waals surface area contributed by atoms with Gasteiger partial charge in [-0.3, -0.25) is 9.59 Å². The van der Waals surface area contributed by atoms with Crippen LogP contribution >= 0.6 is 0 Å². The maximum atomic E-state index is 12.4. The number of nitrogens with one attached hydrogen (secondary N) is 2. The predicted octanol–water partition coefficient (Wildman–Crippen LogP) is 2.71. The third-order valence-electron chi connectivity index (χ3n) is 3.55. The summed E-state index contributed by atoms with van der Waals surface area (Å²) in [5.41, 5.74) is 1.02. The minimum Gasteiger partial charge on any atom is -0.459 e. The fraction of sp³-hybridized carbons (Fsp3) is 0.333. The van der Waals surface area contributed by atoms with Crippen molar-refractivity contribution in [2.45, 2.75) is 25.7 Å². The lowest BCUT2D eigenvalue weighted by molar-refractivity contribution is -0.122. The first-order valence-electron chi connectivity index (χ1n) is 7.86. The van der Waals surface area contributed by atoms with Crippen molar-refractivity contribution in [1.29, 1.82) is 0 Å². The minimum atomic E-state index is -0.280. The van der Waals surface area contributed by atoms with E-state index in [1.165, 1.54) is 6.26 Å². The topological polar surface area (TPSA) is 71.3 Å². The van der Waals surface area contributed by atoms with Crippen LogP contribution in [-0.2, 0) is 4.79 Å². The van der Waals surface area contributed by atoms with Crippen LogP contribution in [0.2, 0.25) is 0 Å². The van der Waals surface area contributed by atoms with Gasteiger partial charge in [0, 0.05) is 13.1 Å². The smallest absolute Gasteiger partial charge is 0.287 e. The Morgan fingerprint density at radius 2 is 1.78 bits per heavy atom. The van der Waals surface area contributed by atoms with Crippen LogP contribution in [0.5, 0.6) is 0 Å². The van der Waals surface area contributed by atoms with Crippen molar-refractivity contribution in [3.8, 4) is 0 Å². The molecule has 1 atom stereocenters. The molecule has 1 unspecified atom stereocenters. The van der Waals surface area contributed by atoms with E-state index in [2.05, 4.69) is 17.6 Å². The second-order valence-electron chi connectivity index (χ2n) is 5.28. The van der Waals surface area contributed by atoms with Crippen molar-refractivity contribution in [1.82, 2.24) is 10.6 Å². The highest BCUT2D eigenvalue weighted by molar-refractivity contribution is 5.91. The van der Waals surface area contributed by atoms with E-state index in [1.807, 2.05) is 30.3 Å². The lowest BCUT2D eigenvalue weighted by Gasteiger charge is -2.16. The predicted molar refractivity (Wildman–Crippen MR) is 88.1 cm³/mol. The minimum absolute atomic E-state index is 0.00898. The average molecular weight is 314 g/mol. The molecule has 0 bridgehead atoms. The summed E-state index contributed by atoms with van der Waals surface area (Å²) >= 11 is 0. The van der Waals surface area contributed by atoms with Gasteiger partial charge in [0.2, 0.25) is 5.91 Å². The fourth-order valence-electron chi connectivity index (χ4n) is 2.40. The molecule has 0 spiro atoms. The first kappa shape index (κ1) is 16.8. The number of furan rings is 1. The van der Waals surface area contributed by atoms with Gasteiger partial charge in [-0.15, -0.1) is 0 Å². The van der Waals surface area contributed by atoms with Gasteiger partial charge < -0.3 is 15.1 Å². The van der Waals surface area contributed by atoms with Crippen LogP contribution in [0.15, 0.2) is 53.1 Å². The van der Waals surface area contributed by atoms with Crippen molar-refractivity contribution in [2.75, 3.05) is 13.1 Å². The van der Waals surface area contributed by atoms with E-state index in [0.717, 1.165) is 18.4 Å². The van der Waals surface area contributed by atoms with Crippen molar-refractivity contribution < 1.29 is 14.0 Å². The van der Waals surface area contributed by atoms with E-state index >= 15 is 0 Å². The zero-order chi connectivity index (χ0) is 16.5. The van der Waals surface area contributed by atoms with Crippen molar-refractivity contribution in [3.63, 3.8) is 0 Å². The zero-order valence-electron chi connectivity index (χ0n) is 13.2. The second-order valence-corrected chi connectivity index (χ2v) is 5.28. The number of hydrogen-bond acceptors (Lipinski definition) is 3. The van der Waals surface area contributed by atoms with Gasteiger partial charge in [-0.25, -0.2) is 0 Å². The summed E-state index contributed by atoms with van der Waals surface area (Å²) in [6.45, 7) is 2.81. The summed E-state index contributed by atoms with van der Waals surface area (Å²) in [6.07, 6.45) is 3.18. The van der Waals surface area contributed by atoms with Gasteiger partial charge in [-0.1, -0.05) is 43.7 Å². The summed E-state index contributed by atoms with van der Waals surface area (Å²) < 4.78 is 5.00. The number of carbonyl (C=O) groups is 2. The van der Waals surface area contributed by atoms with Gasteiger partial charge in [-0.2, -0.15) is 0 Å². The molecule has 2 amide bonds. The first-order chi connectivity index (χ1) is 11.2. The molecule has 2 N–H and O–H groups in total. The molecule has 0 aliphatic heterocycles. The Kier molecular flexibility index (Phi) is 6.41. The summed E-state index contributed by atoms with van der Waals surface area (Å²) in [7, 11) is 0. The SMILES string of the molecule is CCCC(C(=O)NCCNC(=O)c1ccco1)c1ccccc1. The Balaban J connectivity index is 1.79. The molecular formula is C18H22N2O3. The molecule has 23 heavy (non-hydrogen) atoms. The monoisotopic (exact) mass is 314 g/mol. The Labute approximate surface area is 136 Å². The van der Waals surface area contributed by atoms with Gasteiger partial charge in [0.1, 0.15) is 0 Å². The summed E-state index contributed by atoms with van der Waals surface area (Å²) in [5.74, 6) is -0.172. The van der Waals surface area contributed by atoms with E-state index in [9.17, 15) is 9.59 Å².